The van der Waals surface area contributed by atoms with Crippen molar-refractivity contribution >= 4 is 33.0 Å². The lowest BCUT2D eigenvalue weighted by atomic mass is 10.2. The fourth-order valence-corrected chi connectivity index (χ4v) is 2.50. The molecule has 0 unspecified atom stereocenters. The van der Waals surface area contributed by atoms with E-state index in [-0.39, 0.29) is 18.0 Å². The number of rotatable bonds is 4. The summed E-state index contributed by atoms with van der Waals surface area (Å²) in [5.74, 6) is 0.119. The molecule has 0 amide bonds. The highest BCUT2D eigenvalue weighted by atomic mass is 79.9. The van der Waals surface area contributed by atoms with Crippen molar-refractivity contribution < 1.29 is 9.53 Å². The Morgan fingerprint density at radius 3 is 2.67 bits per heavy atom. The third-order valence-corrected chi connectivity index (χ3v) is 3.64. The molecule has 0 aliphatic heterocycles. The van der Waals surface area contributed by atoms with Crippen LogP contribution in [0.1, 0.15) is 25.6 Å². The van der Waals surface area contributed by atoms with Crippen molar-refractivity contribution in [3.05, 3.63) is 20.8 Å². The van der Waals surface area contributed by atoms with E-state index in [0.717, 1.165) is 9.35 Å². The van der Waals surface area contributed by atoms with Crippen molar-refractivity contribution in [2.75, 3.05) is 6.61 Å². The summed E-state index contributed by atoms with van der Waals surface area (Å²) in [4.78, 5) is 12.6. The van der Waals surface area contributed by atoms with Gasteiger partial charge in [0.15, 0.2) is 5.78 Å². The topological polar surface area (TPSA) is 26.3 Å². The maximum absolute atomic E-state index is 11.6. The van der Waals surface area contributed by atoms with Crippen molar-refractivity contribution in [1.82, 2.24) is 0 Å². The summed E-state index contributed by atoms with van der Waals surface area (Å²) in [5, 5.41) is 1.97. The van der Waals surface area contributed by atoms with E-state index >= 15 is 0 Å². The maximum Gasteiger partial charge on any atom is 0.163 e. The zero-order valence-electron chi connectivity index (χ0n) is 9.17. The predicted octanol–water partition coefficient (Wildman–Crippen LogP) is 3.44. The normalized spacial score (nSPS) is 11.7. The van der Waals surface area contributed by atoms with Crippen LogP contribution in [0.2, 0.25) is 0 Å². The van der Waals surface area contributed by atoms with Crippen LogP contribution in [-0.4, -0.2) is 18.0 Å². The largest absolute Gasteiger partial charge is 0.368 e. The third-order valence-electron chi connectivity index (χ3n) is 1.71. The van der Waals surface area contributed by atoms with Gasteiger partial charge in [-0.3, -0.25) is 4.79 Å². The number of hydrogen-bond acceptors (Lipinski definition) is 3. The molecular formula is C11H15BrO2S. The Labute approximate surface area is 103 Å². The quantitative estimate of drug-likeness (QED) is 0.849. The molecule has 84 valence electrons. The maximum atomic E-state index is 11.6. The zero-order chi connectivity index (χ0) is 11.5. The van der Waals surface area contributed by atoms with Gasteiger partial charge in [-0.05, 0) is 48.1 Å². The van der Waals surface area contributed by atoms with Gasteiger partial charge >= 0.3 is 0 Å². The van der Waals surface area contributed by atoms with Crippen molar-refractivity contribution in [1.29, 1.82) is 0 Å². The van der Waals surface area contributed by atoms with Gasteiger partial charge in [0.25, 0.3) is 0 Å². The molecule has 0 saturated carbocycles. The van der Waals surface area contributed by atoms with Gasteiger partial charge in [-0.25, -0.2) is 0 Å². The lowest BCUT2D eigenvalue weighted by Gasteiger charge is -2.18. The van der Waals surface area contributed by atoms with Crippen LogP contribution in [0, 0.1) is 0 Å². The highest BCUT2D eigenvalue weighted by Crippen LogP contribution is 2.23. The van der Waals surface area contributed by atoms with E-state index in [2.05, 4.69) is 15.9 Å². The fourth-order valence-electron chi connectivity index (χ4n) is 0.978. The Balaban J connectivity index is 2.41. The number of ketones is 1. The smallest absolute Gasteiger partial charge is 0.163 e. The number of halogens is 1. The molecule has 15 heavy (non-hydrogen) atoms. The van der Waals surface area contributed by atoms with Crippen molar-refractivity contribution in [3.8, 4) is 0 Å². The SMILES string of the molecule is CC(C)(C)OCC(=O)Cc1sccc1Br. The number of Topliss-reactive ketones (excluding diaryl/α,β-unsaturated/α-hetero) is 1. The predicted molar refractivity (Wildman–Crippen MR) is 66.4 cm³/mol. The lowest BCUT2D eigenvalue weighted by molar-refractivity contribution is -0.127. The fraction of sp³-hybridized carbons (Fsp3) is 0.545. The number of ether oxygens (including phenoxy) is 1. The summed E-state index contributed by atoms with van der Waals surface area (Å²) in [6.07, 6.45) is 0.453. The first-order chi connectivity index (χ1) is 6.88. The summed E-state index contributed by atoms with van der Waals surface area (Å²) >= 11 is 4.99. The minimum Gasteiger partial charge on any atom is -0.368 e. The number of carbonyl (C=O) groups excluding carboxylic acids is 1. The number of hydrogen-bond donors (Lipinski definition) is 0. The van der Waals surface area contributed by atoms with Crippen molar-refractivity contribution in [2.24, 2.45) is 0 Å². The second-order valence-corrected chi connectivity index (χ2v) is 6.16. The second kappa shape index (κ2) is 5.23. The minimum absolute atomic E-state index is 0.119. The van der Waals surface area contributed by atoms with E-state index in [4.69, 9.17) is 4.74 Å². The monoisotopic (exact) mass is 290 g/mol. The van der Waals surface area contributed by atoms with E-state index < -0.39 is 0 Å². The number of carbonyl (C=O) groups is 1. The van der Waals surface area contributed by atoms with Gasteiger partial charge < -0.3 is 4.74 Å². The van der Waals surface area contributed by atoms with Gasteiger partial charge in [-0.2, -0.15) is 0 Å². The van der Waals surface area contributed by atoms with Crippen LogP contribution in [-0.2, 0) is 16.0 Å². The van der Waals surface area contributed by atoms with Crippen LogP contribution >= 0.6 is 27.3 Å². The molecule has 1 aromatic heterocycles. The molecule has 4 heteroatoms. The van der Waals surface area contributed by atoms with Crippen molar-refractivity contribution in [3.63, 3.8) is 0 Å². The molecule has 0 bridgehead atoms. The highest BCUT2D eigenvalue weighted by Gasteiger charge is 2.14. The molecule has 0 aliphatic rings. The van der Waals surface area contributed by atoms with Gasteiger partial charge in [-0.15, -0.1) is 11.3 Å². The van der Waals surface area contributed by atoms with E-state index in [1.807, 2.05) is 32.2 Å². The van der Waals surface area contributed by atoms with Gasteiger partial charge in [-0.1, -0.05) is 0 Å². The first kappa shape index (κ1) is 12.9. The van der Waals surface area contributed by atoms with E-state index in [9.17, 15) is 4.79 Å². The first-order valence-corrected chi connectivity index (χ1v) is 6.43. The Kier molecular flexibility index (Phi) is 4.49. The Bertz CT molecular complexity index is 339. The van der Waals surface area contributed by atoms with Crippen LogP contribution in [0.4, 0.5) is 0 Å². The molecule has 1 aromatic rings. The van der Waals surface area contributed by atoms with E-state index in [1.54, 1.807) is 11.3 Å². The molecule has 0 N–H and O–H groups in total. The molecule has 2 nitrogen and oxygen atoms in total. The molecule has 0 saturated heterocycles. The van der Waals surface area contributed by atoms with Crippen LogP contribution in [0.25, 0.3) is 0 Å². The summed E-state index contributed by atoms with van der Waals surface area (Å²) in [6.45, 7) is 6.03. The summed E-state index contributed by atoms with van der Waals surface area (Å²) in [6, 6.07) is 1.96. The van der Waals surface area contributed by atoms with Crippen LogP contribution in [0.3, 0.4) is 0 Å². The molecule has 1 rings (SSSR count). The molecule has 0 atom stereocenters. The van der Waals surface area contributed by atoms with Crippen LogP contribution in [0.5, 0.6) is 0 Å². The molecular weight excluding hydrogens is 276 g/mol. The summed E-state index contributed by atoms with van der Waals surface area (Å²) in [7, 11) is 0. The van der Waals surface area contributed by atoms with Crippen LogP contribution < -0.4 is 0 Å². The molecule has 0 radical (unpaired) electrons. The zero-order valence-corrected chi connectivity index (χ0v) is 11.6. The van der Waals surface area contributed by atoms with Crippen LogP contribution in [0.15, 0.2) is 15.9 Å². The molecule has 0 aromatic carbocycles. The molecule has 0 fully saturated rings. The summed E-state index contributed by atoms with van der Waals surface area (Å²) < 4.78 is 6.43. The standard InChI is InChI=1S/C11H15BrO2S/c1-11(2,3)14-7-8(13)6-10-9(12)4-5-15-10/h4-5H,6-7H2,1-3H3. The Morgan fingerprint density at radius 1 is 1.53 bits per heavy atom. The average molecular weight is 291 g/mol. The van der Waals surface area contributed by atoms with Gasteiger partial charge in [0.05, 0.1) is 5.60 Å². The van der Waals surface area contributed by atoms with Crippen molar-refractivity contribution in [2.45, 2.75) is 32.8 Å². The Hall–Kier alpha value is -0.190. The average Bonchev–Trinajstić information content (AvgIpc) is 2.47. The van der Waals surface area contributed by atoms with E-state index in [1.165, 1.54) is 0 Å². The lowest BCUT2D eigenvalue weighted by Crippen LogP contribution is -2.24. The van der Waals surface area contributed by atoms with Gasteiger partial charge in [0.2, 0.25) is 0 Å². The second-order valence-electron chi connectivity index (χ2n) is 4.31. The minimum atomic E-state index is -0.248. The molecule has 0 spiro atoms. The van der Waals surface area contributed by atoms with Gasteiger partial charge in [0, 0.05) is 15.8 Å². The summed E-state index contributed by atoms with van der Waals surface area (Å²) in [5.41, 5.74) is -0.248. The highest BCUT2D eigenvalue weighted by molar-refractivity contribution is 9.10. The van der Waals surface area contributed by atoms with Gasteiger partial charge in [0.1, 0.15) is 6.61 Å². The molecule has 0 aliphatic carbocycles. The third kappa shape index (κ3) is 4.91. The first-order valence-electron chi connectivity index (χ1n) is 4.76. The Morgan fingerprint density at radius 2 is 2.20 bits per heavy atom. The molecule has 1 heterocycles. The number of thiophene rings is 1. The van der Waals surface area contributed by atoms with E-state index in [0.29, 0.717) is 6.42 Å².